The van der Waals surface area contributed by atoms with E-state index in [0.29, 0.717) is 24.5 Å². The van der Waals surface area contributed by atoms with Gasteiger partial charge in [-0.05, 0) is 45.4 Å². The molecule has 1 aromatic carbocycles. The van der Waals surface area contributed by atoms with Crippen molar-refractivity contribution in [3.63, 3.8) is 0 Å². The Morgan fingerprint density at radius 2 is 1.95 bits per heavy atom. The van der Waals surface area contributed by atoms with Crippen LogP contribution in [0, 0.1) is 18.6 Å². The molecule has 1 saturated heterocycles. The normalized spacial score (nSPS) is 16.4. The zero-order valence-electron chi connectivity index (χ0n) is 21.1. The van der Waals surface area contributed by atoms with Crippen LogP contribution in [0.3, 0.4) is 0 Å². The number of benzene rings is 1. The topological polar surface area (TPSA) is 86.8 Å². The minimum Gasteiger partial charge on any atom is -0.444 e. The third-order valence-electron chi connectivity index (χ3n) is 6.04. The number of hydrogen-bond acceptors (Lipinski definition) is 6. The van der Waals surface area contributed by atoms with Crippen molar-refractivity contribution in [1.29, 1.82) is 0 Å². The highest BCUT2D eigenvalue weighted by molar-refractivity contribution is 5.70. The monoisotopic (exact) mass is 510 g/mol. The van der Waals surface area contributed by atoms with Gasteiger partial charge in [0.15, 0.2) is 0 Å². The molecule has 0 N–H and O–H groups in total. The van der Waals surface area contributed by atoms with Crippen LogP contribution >= 0.6 is 0 Å². The summed E-state index contributed by atoms with van der Waals surface area (Å²) in [5.74, 6) is -1.54. The minimum absolute atomic E-state index is 0.184. The van der Waals surface area contributed by atoms with Crippen LogP contribution in [0.5, 0.6) is 0 Å². The first-order chi connectivity index (χ1) is 17.6. The molecule has 1 aliphatic rings. The number of fused-ring (bicyclic) bond motifs is 1. The predicted molar refractivity (Wildman–Crippen MR) is 131 cm³/mol. The van der Waals surface area contributed by atoms with Gasteiger partial charge >= 0.3 is 6.09 Å². The molecule has 37 heavy (non-hydrogen) atoms. The van der Waals surface area contributed by atoms with Crippen LogP contribution in [0.25, 0.3) is 22.6 Å². The fraction of sp³-hybridized carbons (Fsp3) is 0.385. The number of ether oxygens (including phenoxy) is 2. The van der Waals surface area contributed by atoms with Gasteiger partial charge in [-0.1, -0.05) is 5.21 Å². The Labute approximate surface area is 212 Å². The number of aromatic nitrogens is 5. The van der Waals surface area contributed by atoms with E-state index in [4.69, 9.17) is 9.47 Å². The number of halogens is 2. The molecule has 1 aliphatic heterocycles. The maximum Gasteiger partial charge on any atom is 0.410 e. The maximum atomic E-state index is 15.4. The standard InChI is InChI=1S/C26H28F2N6O3/c1-16-5-7-33-21(14-18-15-32(9-10-36-18)25(35)37-26(2,3)4)24(30-22(33)11-16)23-19(27)12-17(13-20(23)28)34-8-6-29-31-34/h5-8,11-13,18H,9-10,14-15H2,1-4H3/t18-/m0/s1. The predicted octanol–water partition coefficient (Wildman–Crippen LogP) is 4.35. The number of amides is 1. The number of nitrogens with zero attached hydrogens (tertiary/aromatic N) is 6. The lowest BCUT2D eigenvalue weighted by Crippen LogP contribution is -2.48. The molecule has 0 unspecified atom stereocenters. The minimum atomic E-state index is -0.771. The smallest absolute Gasteiger partial charge is 0.410 e. The van der Waals surface area contributed by atoms with E-state index in [-0.39, 0.29) is 29.9 Å². The molecule has 4 heterocycles. The van der Waals surface area contributed by atoms with Crippen LogP contribution in [0.4, 0.5) is 13.6 Å². The van der Waals surface area contributed by atoms with Crippen molar-refractivity contribution in [2.75, 3.05) is 19.7 Å². The molecule has 0 bridgehead atoms. The van der Waals surface area contributed by atoms with Gasteiger partial charge < -0.3 is 18.8 Å². The van der Waals surface area contributed by atoms with E-state index < -0.39 is 29.4 Å². The van der Waals surface area contributed by atoms with E-state index in [9.17, 15) is 4.79 Å². The first-order valence-electron chi connectivity index (χ1n) is 12.0. The van der Waals surface area contributed by atoms with Crippen molar-refractivity contribution in [3.05, 3.63) is 65.7 Å². The summed E-state index contributed by atoms with van der Waals surface area (Å²) < 4.78 is 45.4. The van der Waals surface area contributed by atoms with E-state index in [1.807, 2.05) is 50.4 Å². The van der Waals surface area contributed by atoms with Crippen LogP contribution in [0.15, 0.2) is 42.9 Å². The maximum absolute atomic E-state index is 15.4. The highest BCUT2D eigenvalue weighted by atomic mass is 19.1. The van der Waals surface area contributed by atoms with E-state index in [2.05, 4.69) is 15.3 Å². The van der Waals surface area contributed by atoms with Gasteiger partial charge in [-0.15, -0.1) is 5.10 Å². The van der Waals surface area contributed by atoms with Crippen molar-refractivity contribution in [2.24, 2.45) is 0 Å². The van der Waals surface area contributed by atoms with E-state index >= 15 is 8.78 Å². The first kappa shape index (κ1) is 24.8. The number of carbonyl (C=O) groups excluding carboxylic acids is 1. The first-order valence-corrected chi connectivity index (χ1v) is 12.0. The molecule has 0 spiro atoms. The third-order valence-corrected chi connectivity index (χ3v) is 6.04. The number of carbonyl (C=O) groups is 1. The highest BCUT2D eigenvalue weighted by Gasteiger charge is 2.31. The fourth-order valence-corrected chi connectivity index (χ4v) is 4.41. The van der Waals surface area contributed by atoms with Gasteiger partial charge in [0.2, 0.25) is 0 Å². The second-order valence-corrected chi connectivity index (χ2v) is 10.1. The molecule has 5 rings (SSSR count). The molecule has 1 amide bonds. The summed E-state index contributed by atoms with van der Waals surface area (Å²) in [4.78, 5) is 18.8. The molecule has 11 heteroatoms. The van der Waals surface area contributed by atoms with Crippen LogP contribution in [-0.4, -0.2) is 66.8 Å². The Morgan fingerprint density at radius 1 is 1.19 bits per heavy atom. The summed E-state index contributed by atoms with van der Waals surface area (Å²) in [6.07, 6.45) is 4.20. The van der Waals surface area contributed by atoms with Crippen molar-refractivity contribution >= 4 is 11.7 Å². The zero-order valence-corrected chi connectivity index (χ0v) is 21.1. The molecular formula is C26H28F2N6O3. The van der Waals surface area contributed by atoms with Gasteiger partial charge in [0.25, 0.3) is 0 Å². The second kappa shape index (κ2) is 9.55. The number of hydrogen-bond donors (Lipinski definition) is 0. The van der Waals surface area contributed by atoms with Gasteiger partial charge in [0.05, 0.1) is 54.3 Å². The summed E-state index contributed by atoms with van der Waals surface area (Å²) in [5.41, 5.74) is 1.64. The summed E-state index contributed by atoms with van der Waals surface area (Å²) in [7, 11) is 0. The van der Waals surface area contributed by atoms with Crippen molar-refractivity contribution in [2.45, 2.75) is 45.8 Å². The largest absolute Gasteiger partial charge is 0.444 e. The molecule has 0 radical (unpaired) electrons. The van der Waals surface area contributed by atoms with Crippen molar-refractivity contribution in [3.8, 4) is 16.9 Å². The SMILES string of the molecule is Cc1ccn2c(C[C@H]3CN(C(=O)OC(C)(C)C)CCO3)c(-c3c(F)cc(-n4ccnn4)cc3F)nc2c1. The average Bonchev–Trinajstić information content (AvgIpc) is 3.47. The van der Waals surface area contributed by atoms with E-state index in [1.165, 1.54) is 29.2 Å². The lowest BCUT2D eigenvalue weighted by molar-refractivity contribution is -0.0418. The van der Waals surface area contributed by atoms with Gasteiger partial charge in [-0.2, -0.15) is 0 Å². The Balaban J connectivity index is 1.52. The van der Waals surface area contributed by atoms with Crippen molar-refractivity contribution in [1.82, 2.24) is 29.3 Å². The van der Waals surface area contributed by atoms with Crippen LogP contribution in [0.2, 0.25) is 0 Å². The highest BCUT2D eigenvalue weighted by Crippen LogP contribution is 2.32. The van der Waals surface area contributed by atoms with Gasteiger partial charge in [0.1, 0.15) is 22.9 Å². The fourth-order valence-electron chi connectivity index (χ4n) is 4.41. The van der Waals surface area contributed by atoms with E-state index in [1.54, 1.807) is 4.90 Å². The van der Waals surface area contributed by atoms with Gasteiger partial charge in [-0.25, -0.2) is 23.2 Å². The summed E-state index contributed by atoms with van der Waals surface area (Å²) >= 11 is 0. The van der Waals surface area contributed by atoms with Crippen LogP contribution in [0.1, 0.15) is 32.0 Å². The van der Waals surface area contributed by atoms with Crippen molar-refractivity contribution < 1.29 is 23.0 Å². The number of pyridine rings is 1. The van der Waals surface area contributed by atoms with Gasteiger partial charge in [0, 0.05) is 31.3 Å². The summed E-state index contributed by atoms with van der Waals surface area (Å²) in [5, 5.41) is 7.50. The molecule has 4 aromatic rings. The lowest BCUT2D eigenvalue weighted by atomic mass is 10.0. The van der Waals surface area contributed by atoms with E-state index in [0.717, 1.165) is 5.56 Å². The third kappa shape index (κ3) is 5.17. The second-order valence-electron chi connectivity index (χ2n) is 10.1. The molecule has 0 aliphatic carbocycles. The molecule has 194 valence electrons. The Bertz CT molecular complexity index is 1420. The summed E-state index contributed by atoms with van der Waals surface area (Å²) in [6.45, 7) is 8.36. The number of imidazole rings is 1. The Kier molecular flexibility index (Phi) is 6.40. The number of aryl methyl sites for hydroxylation is 1. The Morgan fingerprint density at radius 3 is 2.62 bits per heavy atom. The molecule has 1 fully saturated rings. The lowest BCUT2D eigenvalue weighted by Gasteiger charge is -2.34. The molecule has 9 nitrogen and oxygen atoms in total. The Hall–Kier alpha value is -3.86. The van der Waals surface area contributed by atoms with Crippen LogP contribution < -0.4 is 0 Å². The van der Waals surface area contributed by atoms with Gasteiger partial charge in [-0.3, -0.25) is 0 Å². The number of morpholine rings is 1. The van der Waals surface area contributed by atoms with Crippen LogP contribution in [-0.2, 0) is 15.9 Å². The molecular weight excluding hydrogens is 482 g/mol. The quantitative estimate of drug-likeness (QED) is 0.406. The molecule has 1 atom stereocenters. The zero-order chi connectivity index (χ0) is 26.3. The summed E-state index contributed by atoms with van der Waals surface area (Å²) in [6, 6.07) is 6.15. The number of rotatable bonds is 4. The average molecular weight is 511 g/mol. The molecule has 0 saturated carbocycles. The molecule has 3 aromatic heterocycles.